The molecule has 3 atom stereocenters. The van der Waals surface area contributed by atoms with Crippen molar-refractivity contribution in [3.05, 3.63) is 95.1 Å². The van der Waals surface area contributed by atoms with Crippen molar-refractivity contribution < 1.29 is 50.6 Å². The first-order chi connectivity index (χ1) is 24.3. The number of carboxylic acid groups (broad SMARTS) is 1. The molecule has 2 unspecified atom stereocenters. The molecule has 0 bridgehead atoms. The number of H-pyrrole nitrogens is 1. The molecule has 1 aliphatic rings. The Bertz CT molecular complexity index is 2110. The summed E-state index contributed by atoms with van der Waals surface area (Å²) in [5.74, 6) is -3.97. The minimum absolute atomic E-state index is 0.0217. The Hall–Kier alpha value is -5.10. The van der Waals surface area contributed by atoms with Gasteiger partial charge in [0.1, 0.15) is 41.3 Å². The quantitative estimate of drug-likeness (QED) is 0.0854. The summed E-state index contributed by atoms with van der Waals surface area (Å²) in [7, 11) is 0. The highest BCUT2D eigenvalue weighted by Gasteiger charge is 2.35. The molecule has 5 aromatic rings. The lowest BCUT2D eigenvalue weighted by Crippen LogP contribution is -2.43. The number of hydrogen-bond acceptors (Lipinski definition) is 10. The number of fused-ring (bicyclic) bond motifs is 1. The predicted molar refractivity (Wildman–Crippen MR) is 176 cm³/mol. The van der Waals surface area contributed by atoms with Gasteiger partial charge in [0, 0.05) is 41.5 Å². The number of hydrazine groups is 1. The van der Waals surface area contributed by atoms with E-state index in [0.717, 1.165) is 17.1 Å². The third-order valence-electron chi connectivity index (χ3n) is 8.39. The number of aromatic amines is 1. The Balaban J connectivity index is 1.18. The van der Waals surface area contributed by atoms with Gasteiger partial charge in [-0.25, -0.2) is 27.6 Å². The number of rotatable bonds is 14. The van der Waals surface area contributed by atoms with Crippen molar-refractivity contribution in [3.63, 3.8) is 0 Å². The second kappa shape index (κ2) is 14.6. The second-order valence-electron chi connectivity index (χ2n) is 12.1. The van der Waals surface area contributed by atoms with Crippen LogP contribution in [0.25, 0.3) is 22.2 Å². The van der Waals surface area contributed by atoms with Gasteiger partial charge in [-0.05, 0) is 56.2 Å². The molecule has 6 rings (SSSR count). The molecule has 1 fully saturated rings. The van der Waals surface area contributed by atoms with Gasteiger partial charge in [0.05, 0.1) is 42.1 Å². The average molecular weight is 727 g/mol. The average Bonchev–Trinajstić information content (AvgIpc) is 3.84. The summed E-state index contributed by atoms with van der Waals surface area (Å²) >= 11 is -3.09. The van der Waals surface area contributed by atoms with Crippen LogP contribution >= 0.6 is 0 Å². The fourth-order valence-corrected chi connectivity index (χ4v) is 6.49. The summed E-state index contributed by atoms with van der Waals surface area (Å²) in [6, 6.07) is 11.7. The standard InChI is InChI=1S/C34H32F3N5O8S/c1-19-13-28(50-40-19)34(2,15-29(43)44)49-12-11-48-23-5-3-20(4-6-23)21-14-24-25(17-39-33(24)38-16-21)32(45)30-26(36)7-8-27(31(30)37)42(51(46)47)41-10-9-22(35)18-41/h3-8,13-14,16-17,22H,9-12,15,18H2,1-2H3,(H,38,39)(H,43,44)(H,46,47)/p-1/t22-,34?/m1/s1. The molecule has 0 aliphatic carbocycles. The summed E-state index contributed by atoms with van der Waals surface area (Å²) in [6.07, 6.45) is 1.15. The van der Waals surface area contributed by atoms with Gasteiger partial charge in [-0.2, -0.15) is 0 Å². The van der Waals surface area contributed by atoms with E-state index in [9.17, 15) is 27.8 Å². The van der Waals surface area contributed by atoms with Crippen molar-refractivity contribution in [1.29, 1.82) is 0 Å². The number of anilines is 1. The van der Waals surface area contributed by atoms with E-state index < -0.39 is 57.7 Å². The highest BCUT2D eigenvalue weighted by atomic mass is 32.2. The topological polar surface area (TPSA) is 174 Å². The van der Waals surface area contributed by atoms with E-state index in [1.807, 2.05) is 0 Å². The molecule has 51 heavy (non-hydrogen) atoms. The van der Waals surface area contributed by atoms with Gasteiger partial charge in [0.2, 0.25) is 5.78 Å². The number of aryl methyl sites for hydroxylation is 1. The summed E-state index contributed by atoms with van der Waals surface area (Å²) < 4.78 is 86.3. The lowest BCUT2D eigenvalue weighted by molar-refractivity contribution is -0.147. The molecule has 1 aliphatic heterocycles. The van der Waals surface area contributed by atoms with Gasteiger partial charge in [0.25, 0.3) is 0 Å². The van der Waals surface area contributed by atoms with Crippen LogP contribution < -0.4 is 9.15 Å². The Morgan fingerprint density at radius 2 is 1.94 bits per heavy atom. The molecule has 17 heteroatoms. The van der Waals surface area contributed by atoms with Crippen molar-refractivity contribution in [2.45, 2.75) is 38.5 Å². The van der Waals surface area contributed by atoms with Crippen LogP contribution in [0.4, 0.5) is 18.9 Å². The zero-order valence-electron chi connectivity index (χ0n) is 27.2. The fourth-order valence-electron chi connectivity index (χ4n) is 5.85. The van der Waals surface area contributed by atoms with E-state index in [-0.39, 0.29) is 61.5 Å². The maximum atomic E-state index is 15.8. The molecule has 13 nitrogen and oxygen atoms in total. The Morgan fingerprint density at radius 3 is 2.59 bits per heavy atom. The number of aromatic nitrogens is 3. The van der Waals surface area contributed by atoms with Gasteiger partial charge >= 0.3 is 5.97 Å². The van der Waals surface area contributed by atoms with Crippen LogP contribution in [0.2, 0.25) is 0 Å². The highest BCUT2D eigenvalue weighted by Crippen LogP contribution is 2.33. The number of benzene rings is 2. The van der Waals surface area contributed by atoms with Crippen molar-refractivity contribution in [2.75, 3.05) is 30.7 Å². The van der Waals surface area contributed by atoms with Crippen LogP contribution in [0.15, 0.2) is 65.4 Å². The van der Waals surface area contributed by atoms with E-state index in [4.69, 9.17) is 14.0 Å². The zero-order chi connectivity index (χ0) is 36.4. The van der Waals surface area contributed by atoms with Gasteiger partial charge in [0.15, 0.2) is 11.6 Å². The number of ketones is 1. The summed E-state index contributed by atoms with van der Waals surface area (Å²) in [4.78, 5) is 32.3. The maximum absolute atomic E-state index is 15.8. The summed E-state index contributed by atoms with van der Waals surface area (Å²) in [6.45, 7) is 3.11. The van der Waals surface area contributed by atoms with Crippen LogP contribution in [-0.4, -0.2) is 78.2 Å². The molecule has 268 valence electrons. The molecular formula is C34H31F3N5O8S-. The summed E-state index contributed by atoms with van der Waals surface area (Å²) in [5, 5.41) is 14.5. The van der Waals surface area contributed by atoms with Crippen molar-refractivity contribution >= 4 is 39.7 Å². The third-order valence-corrected chi connectivity index (χ3v) is 9.10. The van der Waals surface area contributed by atoms with Gasteiger partial charge in [-0.15, -0.1) is 0 Å². The van der Waals surface area contributed by atoms with E-state index in [0.29, 0.717) is 27.0 Å². The Morgan fingerprint density at radius 1 is 1.18 bits per heavy atom. The first-order valence-corrected chi connectivity index (χ1v) is 16.7. The first-order valence-electron chi connectivity index (χ1n) is 15.7. The van der Waals surface area contributed by atoms with Crippen molar-refractivity contribution in [2.24, 2.45) is 0 Å². The first kappa shape index (κ1) is 35.7. The lowest BCUT2D eigenvalue weighted by Gasteiger charge is -2.34. The number of pyridine rings is 1. The normalized spacial score (nSPS) is 16.6. The number of halogens is 3. The molecule has 2 aromatic carbocycles. The molecule has 1 saturated heterocycles. The molecule has 0 saturated carbocycles. The van der Waals surface area contributed by atoms with E-state index in [1.165, 1.54) is 6.20 Å². The molecule has 0 spiro atoms. The number of hydrogen-bond donors (Lipinski definition) is 2. The monoisotopic (exact) mass is 726 g/mol. The molecule has 0 radical (unpaired) electrons. The Labute approximate surface area is 291 Å². The van der Waals surface area contributed by atoms with Crippen LogP contribution in [0.5, 0.6) is 5.75 Å². The maximum Gasteiger partial charge on any atom is 0.306 e. The molecule has 0 amide bonds. The number of nitrogens with one attached hydrogen (secondary N) is 1. The third kappa shape index (κ3) is 7.51. The van der Waals surface area contributed by atoms with Gasteiger partial charge in [-0.1, -0.05) is 17.3 Å². The second-order valence-corrected chi connectivity index (χ2v) is 12.8. The number of carbonyl (C=O) groups excluding carboxylic acids is 1. The van der Waals surface area contributed by atoms with E-state index in [2.05, 4.69) is 15.1 Å². The summed E-state index contributed by atoms with van der Waals surface area (Å²) in [5.41, 5.74) is -0.863. The van der Waals surface area contributed by atoms with E-state index >= 15 is 8.78 Å². The largest absolute Gasteiger partial charge is 0.754 e. The van der Waals surface area contributed by atoms with Gasteiger partial charge in [-0.3, -0.25) is 13.8 Å². The SMILES string of the molecule is Cc1cc(C(C)(CC(=O)O)OCCOc2ccc(-c3cnc4[nH]cc(C(=O)c5c(F)ccc(N(N6CC[C@@H](F)C6)S(=O)[O-])c5F)c4c3)cc2)on1. The number of aliphatic carboxylic acids is 1. The molecular weight excluding hydrogens is 695 g/mol. The van der Waals surface area contributed by atoms with Crippen LogP contribution in [-0.2, 0) is 26.4 Å². The van der Waals surface area contributed by atoms with Crippen LogP contribution in [0.3, 0.4) is 0 Å². The van der Waals surface area contributed by atoms with Gasteiger partial charge < -0.3 is 28.6 Å². The molecule has 3 aromatic heterocycles. The number of nitrogens with zero attached hydrogens (tertiary/aromatic N) is 4. The van der Waals surface area contributed by atoms with Crippen molar-refractivity contribution in [3.8, 4) is 16.9 Å². The molecule has 2 N–H and O–H groups in total. The van der Waals surface area contributed by atoms with Crippen molar-refractivity contribution in [1.82, 2.24) is 20.1 Å². The van der Waals surface area contributed by atoms with Crippen LogP contribution in [0, 0.1) is 18.6 Å². The highest BCUT2D eigenvalue weighted by molar-refractivity contribution is 7.80. The lowest BCUT2D eigenvalue weighted by atomic mass is 9.98. The minimum Gasteiger partial charge on any atom is -0.754 e. The Kier molecular flexibility index (Phi) is 10.2. The number of alkyl halides is 1. The smallest absolute Gasteiger partial charge is 0.306 e. The minimum atomic E-state index is -3.09. The molecule has 4 heterocycles. The fraction of sp³-hybridized carbons (Fsp3) is 0.294. The number of carbonyl (C=O) groups is 2. The van der Waals surface area contributed by atoms with E-state index in [1.54, 1.807) is 56.4 Å². The van der Waals surface area contributed by atoms with Crippen LogP contribution in [0.1, 0.15) is 47.1 Å². The predicted octanol–water partition coefficient (Wildman–Crippen LogP) is 5.38. The number of ether oxygens (including phenoxy) is 2. The zero-order valence-corrected chi connectivity index (χ0v) is 28.0. The number of carboxylic acids is 1.